The molecule has 0 spiro atoms. The van der Waals surface area contributed by atoms with Crippen molar-refractivity contribution in [3.05, 3.63) is 38.3 Å². The number of guanidine groups is 1. The first-order chi connectivity index (χ1) is 7.02. The molecule has 0 bridgehead atoms. The molecule has 80 valence electrons. The number of nitrogens with zero attached hydrogens (tertiary/aromatic N) is 2. The highest BCUT2D eigenvalue weighted by molar-refractivity contribution is 9.10. The standard InChI is InChI=1S/C8H9BrN4O2/c9-6-2-1-3-7(13(14)15)5(6)4-12-8(10)11/h1-3H,4H2,(H4,10,11,12). The van der Waals surface area contributed by atoms with Crippen LogP contribution in [0.3, 0.4) is 0 Å². The average molecular weight is 273 g/mol. The molecule has 15 heavy (non-hydrogen) atoms. The molecule has 0 saturated heterocycles. The van der Waals surface area contributed by atoms with E-state index < -0.39 is 4.92 Å². The molecular weight excluding hydrogens is 264 g/mol. The smallest absolute Gasteiger partial charge is 0.275 e. The van der Waals surface area contributed by atoms with Crippen molar-refractivity contribution < 1.29 is 4.92 Å². The summed E-state index contributed by atoms with van der Waals surface area (Å²) in [6.07, 6.45) is 0. The largest absolute Gasteiger partial charge is 0.370 e. The van der Waals surface area contributed by atoms with Crippen molar-refractivity contribution in [3.63, 3.8) is 0 Å². The van der Waals surface area contributed by atoms with E-state index in [1.807, 2.05) is 0 Å². The number of nitro benzene ring substituents is 1. The van der Waals surface area contributed by atoms with Crippen LogP contribution >= 0.6 is 15.9 Å². The van der Waals surface area contributed by atoms with Crippen LogP contribution in [0.2, 0.25) is 0 Å². The first-order valence-corrected chi connectivity index (χ1v) is 4.79. The van der Waals surface area contributed by atoms with Gasteiger partial charge in [-0.1, -0.05) is 22.0 Å². The molecule has 0 aliphatic rings. The van der Waals surface area contributed by atoms with Gasteiger partial charge in [-0.2, -0.15) is 0 Å². The number of nitrogens with two attached hydrogens (primary N) is 2. The Morgan fingerprint density at radius 1 is 1.53 bits per heavy atom. The summed E-state index contributed by atoms with van der Waals surface area (Å²) in [4.78, 5) is 14.0. The fraction of sp³-hybridized carbons (Fsp3) is 0.125. The second-order valence-electron chi connectivity index (χ2n) is 2.74. The number of nitro groups is 1. The fourth-order valence-electron chi connectivity index (χ4n) is 1.05. The molecule has 7 heteroatoms. The Kier molecular flexibility index (Phi) is 3.62. The van der Waals surface area contributed by atoms with Gasteiger partial charge in [-0.05, 0) is 6.07 Å². The summed E-state index contributed by atoms with van der Waals surface area (Å²) in [5, 5.41) is 10.7. The Morgan fingerprint density at radius 3 is 2.73 bits per heavy atom. The summed E-state index contributed by atoms with van der Waals surface area (Å²) in [7, 11) is 0. The van der Waals surface area contributed by atoms with Gasteiger partial charge in [0.1, 0.15) is 0 Å². The highest BCUT2D eigenvalue weighted by atomic mass is 79.9. The summed E-state index contributed by atoms with van der Waals surface area (Å²) < 4.78 is 0.613. The molecule has 0 unspecified atom stereocenters. The Hall–Kier alpha value is -1.63. The van der Waals surface area contributed by atoms with E-state index >= 15 is 0 Å². The normalized spacial score (nSPS) is 9.67. The molecule has 0 atom stereocenters. The third-order valence-corrected chi connectivity index (χ3v) is 2.45. The predicted molar refractivity (Wildman–Crippen MR) is 60.3 cm³/mol. The van der Waals surface area contributed by atoms with Crippen LogP contribution in [0, 0.1) is 10.1 Å². The van der Waals surface area contributed by atoms with Crippen molar-refractivity contribution in [2.45, 2.75) is 6.54 Å². The Balaban J connectivity index is 3.13. The van der Waals surface area contributed by atoms with Crippen LogP contribution in [0.1, 0.15) is 5.56 Å². The van der Waals surface area contributed by atoms with E-state index in [-0.39, 0.29) is 18.2 Å². The molecule has 4 N–H and O–H groups in total. The Morgan fingerprint density at radius 2 is 2.20 bits per heavy atom. The second kappa shape index (κ2) is 4.74. The minimum absolute atomic E-state index is 0.00521. The van der Waals surface area contributed by atoms with E-state index in [1.165, 1.54) is 6.07 Å². The average Bonchev–Trinajstić information content (AvgIpc) is 2.15. The molecule has 1 aromatic rings. The molecule has 1 rings (SSSR count). The van der Waals surface area contributed by atoms with Gasteiger partial charge in [0.05, 0.1) is 17.0 Å². The van der Waals surface area contributed by atoms with Gasteiger partial charge in [0.15, 0.2) is 5.96 Å². The van der Waals surface area contributed by atoms with Gasteiger partial charge >= 0.3 is 0 Å². The van der Waals surface area contributed by atoms with Crippen LogP contribution in [0.5, 0.6) is 0 Å². The maximum absolute atomic E-state index is 10.7. The number of rotatable bonds is 3. The lowest BCUT2D eigenvalue weighted by atomic mass is 10.2. The summed E-state index contributed by atoms with van der Waals surface area (Å²) in [6, 6.07) is 4.69. The van der Waals surface area contributed by atoms with Gasteiger partial charge < -0.3 is 11.5 Å². The minimum atomic E-state index is -0.470. The summed E-state index contributed by atoms with van der Waals surface area (Å²) in [6.45, 7) is 0.0834. The highest BCUT2D eigenvalue weighted by Crippen LogP contribution is 2.27. The van der Waals surface area contributed by atoms with E-state index in [2.05, 4.69) is 20.9 Å². The summed E-state index contributed by atoms with van der Waals surface area (Å²) >= 11 is 3.21. The zero-order chi connectivity index (χ0) is 11.4. The number of halogens is 1. The van der Waals surface area contributed by atoms with Gasteiger partial charge in [0.25, 0.3) is 5.69 Å². The van der Waals surface area contributed by atoms with Gasteiger partial charge in [0.2, 0.25) is 0 Å². The van der Waals surface area contributed by atoms with Crippen molar-refractivity contribution in [2.75, 3.05) is 0 Å². The van der Waals surface area contributed by atoms with Crippen LogP contribution in [0.25, 0.3) is 0 Å². The molecular formula is C8H9BrN4O2. The van der Waals surface area contributed by atoms with Gasteiger partial charge in [-0.15, -0.1) is 0 Å². The molecule has 0 aliphatic carbocycles. The lowest BCUT2D eigenvalue weighted by Gasteiger charge is -2.02. The summed E-state index contributed by atoms with van der Waals surface area (Å²) in [5.74, 6) is -0.0972. The molecule has 6 nitrogen and oxygen atoms in total. The van der Waals surface area contributed by atoms with E-state index in [0.717, 1.165) is 0 Å². The zero-order valence-electron chi connectivity index (χ0n) is 7.68. The maximum Gasteiger partial charge on any atom is 0.275 e. The van der Waals surface area contributed by atoms with E-state index in [1.54, 1.807) is 12.1 Å². The lowest BCUT2D eigenvalue weighted by molar-refractivity contribution is -0.385. The van der Waals surface area contributed by atoms with Crippen molar-refractivity contribution >= 4 is 27.6 Å². The van der Waals surface area contributed by atoms with Crippen LogP contribution in [-0.4, -0.2) is 10.9 Å². The Bertz CT molecular complexity index is 415. The lowest BCUT2D eigenvalue weighted by Crippen LogP contribution is -2.22. The first kappa shape index (κ1) is 11.4. The molecule has 0 aliphatic heterocycles. The second-order valence-corrected chi connectivity index (χ2v) is 3.59. The van der Waals surface area contributed by atoms with E-state index in [0.29, 0.717) is 10.0 Å². The molecule has 1 aromatic carbocycles. The number of hydrogen-bond acceptors (Lipinski definition) is 3. The van der Waals surface area contributed by atoms with Crippen molar-refractivity contribution in [2.24, 2.45) is 16.5 Å². The number of aliphatic imine (C=N–C) groups is 1. The zero-order valence-corrected chi connectivity index (χ0v) is 9.27. The first-order valence-electron chi connectivity index (χ1n) is 3.99. The quantitative estimate of drug-likeness (QED) is 0.372. The fourth-order valence-corrected chi connectivity index (χ4v) is 1.53. The molecule has 0 aromatic heterocycles. The molecule has 0 radical (unpaired) electrons. The number of hydrogen-bond donors (Lipinski definition) is 2. The van der Waals surface area contributed by atoms with Crippen LogP contribution < -0.4 is 11.5 Å². The third-order valence-electron chi connectivity index (χ3n) is 1.71. The van der Waals surface area contributed by atoms with Gasteiger partial charge in [-0.3, -0.25) is 10.1 Å². The predicted octanol–water partition coefficient (Wildman–Crippen LogP) is 1.13. The van der Waals surface area contributed by atoms with Crippen molar-refractivity contribution in [3.8, 4) is 0 Å². The molecule has 0 saturated carbocycles. The highest BCUT2D eigenvalue weighted by Gasteiger charge is 2.15. The van der Waals surface area contributed by atoms with Crippen LogP contribution in [-0.2, 0) is 6.54 Å². The summed E-state index contributed by atoms with van der Waals surface area (Å²) in [5.41, 5.74) is 10.8. The minimum Gasteiger partial charge on any atom is -0.370 e. The van der Waals surface area contributed by atoms with Crippen molar-refractivity contribution in [1.82, 2.24) is 0 Å². The maximum atomic E-state index is 10.7. The number of benzene rings is 1. The molecule has 0 fully saturated rings. The Labute approximate surface area is 94.3 Å². The molecule has 0 heterocycles. The topological polar surface area (TPSA) is 108 Å². The molecule has 0 amide bonds. The van der Waals surface area contributed by atoms with Crippen LogP contribution in [0.15, 0.2) is 27.7 Å². The van der Waals surface area contributed by atoms with E-state index in [4.69, 9.17) is 11.5 Å². The van der Waals surface area contributed by atoms with Crippen molar-refractivity contribution in [1.29, 1.82) is 0 Å². The monoisotopic (exact) mass is 272 g/mol. The van der Waals surface area contributed by atoms with Crippen LogP contribution in [0.4, 0.5) is 5.69 Å². The third kappa shape index (κ3) is 2.91. The SMILES string of the molecule is NC(N)=NCc1c(Br)cccc1[N+](=O)[O-]. The van der Waals surface area contributed by atoms with E-state index in [9.17, 15) is 10.1 Å². The van der Waals surface area contributed by atoms with Gasteiger partial charge in [0, 0.05) is 10.5 Å². The van der Waals surface area contributed by atoms with Gasteiger partial charge in [-0.25, -0.2) is 4.99 Å².